The van der Waals surface area contributed by atoms with E-state index in [1.165, 1.54) is 10.4 Å². The summed E-state index contributed by atoms with van der Waals surface area (Å²) in [5, 5.41) is 2.17. The lowest BCUT2D eigenvalue weighted by atomic mass is 9.85. The van der Waals surface area contributed by atoms with E-state index in [1.54, 1.807) is 18.9 Å². The van der Waals surface area contributed by atoms with E-state index < -0.39 is 19.7 Å². The third-order valence-corrected chi connectivity index (χ3v) is 15.9. The Morgan fingerprint density at radius 2 is 1.62 bits per heavy atom. The molecule has 9 heteroatoms. The van der Waals surface area contributed by atoms with Crippen molar-refractivity contribution in [2.45, 2.75) is 122 Å². The summed E-state index contributed by atoms with van der Waals surface area (Å²) >= 11 is 1.63. The molecule has 0 aliphatic carbocycles. The molecule has 1 saturated heterocycles. The molecule has 3 aromatic carbocycles. The van der Waals surface area contributed by atoms with Gasteiger partial charge >= 0.3 is 0 Å². The molecule has 7 nitrogen and oxygen atoms in total. The molecule has 1 heterocycles. The fourth-order valence-electron chi connectivity index (χ4n) is 7.40. The number of methoxy groups -OCH3 is 1. The first-order valence-corrected chi connectivity index (χ1v) is 23.1. The third-order valence-electron chi connectivity index (χ3n) is 10.5. The number of Topliss-reactive ketones (excluding diaryl/α,β-unsaturated/α-hetero) is 1. The Labute approximate surface area is 336 Å². The fourth-order valence-corrected chi connectivity index (χ4v) is 12.5. The van der Waals surface area contributed by atoms with Crippen LogP contribution in [0.25, 0.3) is 0 Å². The molecule has 1 fully saturated rings. The van der Waals surface area contributed by atoms with Crippen LogP contribution >= 0.6 is 11.8 Å². The first-order chi connectivity index (χ1) is 26.3. The molecule has 55 heavy (non-hydrogen) atoms. The van der Waals surface area contributed by atoms with Crippen LogP contribution in [-0.4, -0.2) is 70.2 Å². The zero-order valence-corrected chi connectivity index (χ0v) is 36.5. The number of hydrogen-bond donors (Lipinski definition) is 0. The van der Waals surface area contributed by atoms with Crippen molar-refractivity contribution < 1.29 is 32.9 Å². The van der Waals surface area contributed by atoms with Crippen LogP contribution < -0.4 is 15.1 Å². The van der Waals surface area contributed by atoms with Gasteiger partial charge in [0.1, 0.15) is 11.9 Å². The summed E-state index contributed by atoms with van der Waals surface area (Å²) in [5.74, 6) is 6.69. The number of thioether (sulfide) groups is 1. The lowest BCUT2D eigenvalue weighted by Gasteiger charge is -2.46. The number of ether oxygens (including phenoxy) is 5. The zero-order chi connectivity index (χ0) is 40.0. The summed E-state index contributed by atoms with van der Waals surface area (Å²) in [6.45, 7) is 16.3. The highest BCUT2D eigenvalue weighted by Crippen LogP contribution is 2.40. The monoisotopic (exact) mass is 788 g/mol. The predicted octanol–water partition coefficient (Wildman–Crippen LogP) is 8.95. The van der Waals surface area contributed by atoms with Gasteiger partial charge in [-0.3, -0.25) is 4.79 Å². The summed E-state index contributed by atoms with van der Waals surface area (Å²) in [7, 11) is -1.26. The number of unbranched alkanes of at least 4 members (excludes halogenated alkanes) is 1. The van der Waals surface area contributed by atoms with Crippen LogP contribution in [0.15, 0.2) is 84.9 Å². The maximum Gasteiger partial charge on any atom is 0.261 e. The van der Waals surface area contributed by atoms with Gasteiger partial charge in [-0.05, 0) is 85.3 Å². The quantitative estimate of drug-likeness (QED) is 0.0349. The summed E-state index contributed by atoms with van der Waals surface area (Å²) in [5.41, 5.74) is 0.435. The number of carbonyl (C=O) groups is 1. The van der Waals surface area contributed by atoms with E-state index >= 15 is 0 Å². The van der Waals surface area contributed by atoms with E-state index in [9.17, 15) is 4.79 Å². The number of hydrogen-bond acceptors (Lipinski definition) is 8. The Bertz CT molecular complexity index is 1600. The molecule has 0 saturated carbocycles. The van der Waals surface area contributed by atoms with Gasteiger partial charge < -0.3 is 28.1 Å². The van der Waals surface area contributed by atoms with Gasteiger partial charge in [0.25, 0.3) is 8.32 Å². The summed E-state index contributed by atoms with van der Waals surface area (Å²) in [6.07, 6.45) is 5.62. The van der Waals surface area contributed by atoms with Crippen LogP contribution in [0.1, 0.15) is 92.6 Å². The van der Waals surface area contributed by atoms with Crippen molar-refractivity contribution in [1.29, 1.82) is 0 Å². The molecule has 0 unspecified atom stereocenters. The van der Waals surface area contributed by atoms with Gasteiger partial charge in [-0.2, -0.15) is 0 Å². The number of benzene rings is 3. The standard InChI is InChI=1S/C46H64O7SSi/c1-10-11-30-46(51-35-54-9,43-34-50-45(6,7)52-43)31-28-38(47)25-22-36(2)42(29-32-49-33-37-23-26-39(48-8)27-24-37)53-55(44(3,4)5,40-18-14-12-15-19-40)41-20-16-13-17-21-41/h12-21,23-24,26-27,36,42-43H,10-11,28-35H2,1-9H3/t36-,42+,43-,46+/m0/s1. The van der Waals surface area contributed by atoms with Gasteiger partial charge in [0.2, 0.25) is 5.78 Å². The molecule has 0 aromatic heterocycles. The second kappa shape index (κ2) is 21.0. The van der Waals surface area contributed by atoms with E-state index in [2.05, 4.69) is 107 Å². The highest BCUT2D eigenvalue weighted by atomic mass is 32.2. The van der Waals surface area contributed by atoms with Crippen molar-refractivity contribution in [3.63, 3.8) is 0 Å². The zero-order valence-electron chi connectivity index (χ0n) is 34.7. The first kappa shape index (κ1) is 44.8. The topological polar surface area (TPSA) is 72.5 Å². The second-order valence-electron chi connectivity index (χ2n) is 16.0. The number of rotatable bonds is 21. The maximum atomic E-state index is 13.7. The van der Waals surface area contributed by atoms with Gasteiger partial charge in [-0.25, -0.2) is 0 Å². The van der Waals surface area contributed by atoms with Gasteiger partial charge in [0, 0.05) is 18.9 Å². The molecule has 4 rings (SSSR count). The van der Waals surface area contributed by atoms with Crippen LogP contribution in [0.4, 0.5) is 0 Å². The van der Waals surface area contributed by atoms with E-state index in [1.807, 2.05) is 44.4 Å². The van der Waals surface area contributed by atoms with Crippen LogP contribution in [-0.2, 0) is 34.8 Å². The normalized spacial score (nSPS) is 17.8. The highest BCUT2D eigenvalue weighted by molar-refractivity contribution is 7.98. The van der Waals surface area contributed by atoms with Crippen LogP contribution in [0, 0.1) is 17.8 Å². The molecule has 0 amide bonds. The van der Waals surface area contributed by atoms with E-state index in [0.717, 1.165) is 30.6 Å². The van der Waals surface area contributed by atoms with Crippen molar-refractivity contribution >= 4 is 36.2 Å². The van der Waals surface area contributed by atoms with E-state index in [0.29, 0.717) is 38.6 Å². The molecular weight excluding hydrogens is 725 g/mol. The average molecular weight is 789 g/mol. The lowest BCUT2D eigenvalue weighted by molar-refractivity contribution is -0.183. The first-order valence-electron chi connectivity index (χ1n) is 19.8. The minimum absolute atomic E-state index is 0.112. The Morgan fingerprint density at radius 1 is 0.982 bits per heavy atom. The second-order valence-corrected chi connectivity index (χ2v) is 21.1. The minimum Gasteiger partial charge on any atom is -0.497 e. The molecule has 0 radical (unpaired) electrons. The molecule has 0 bridgehead atoms. The van der Waals surface area contributed by atoms with Crippen molar-refractivity contribution in [3.05, 3.63) is 90.5 Å². The van der Waals surface area contributed by atoms with Gasteiger partial charge in [-0.15, -0.1) is 11.8 Å². The van der Waals surface area contributed by atoms with Crippen LogP contribution in [0.2, 0.25) is 5.04 Å². The smallest absolute Gasteiger partial charge is 0.261 e. The average Bonchev–Trinajstić information content (AvgIpc) is 3.56. The molecule has 3 aromatic rings. The Morgan fingerprint density at radius 3 is 2.15 bits per heavy atom. The van der Waals surface area contributed by atoms with E-state index in [4.69, 9.17) is 28.1 Å². The lowest BCUT2D eigenvalue weighted by Crippen LogP contribution is -2.68. The highest BCUT2D eigenvalue weighted by Gasteiger charge is 2.52. The largest absolute Gasteiger partial charge is 0.497 e. The molecule has 4 atom stereocenters. The molecule has 0 spiro atoms. The molecule has 300 valence electrons. The summed E-state index contributed by atoms with van der Waals surface area (Å²) in [4.78, 5) is 13.7. The molecule has 1 aliphatic rings. The maximum absolute atomic E-state index is 13.7. The summed E-state index contributed by atoms with van der Waals surface area (Å²) in [6, 6.07) is 29.2. The molecular formula is C46H64O7SSi. The van der Waals surface area contributed by atoms with E-state index in [-0.39, 0.29) is 35.4 Å². The summed E-state index contributed by atoms with van der Waals surface area (Å²) < 4.78 is 38.1. The molecule has 1 aliphatic heterocycles. The Balaban J connectivity index is 1.61. The molecule has 0 N–H and O–H groups in total. The van der Waals surface area contributed by atoms with Crippen molar-refractivity contribution in [2.75, 3.05) is 32.5 Å². The van der Waals surface area contributed by atoms with Crippen LogP contribution in [0.5, 0.6) is 5.75 Å². The Hall–Kier alpha value is -2.94. The van der Waals surface area contributed by atoms with Crippen molar-refractivity contribution in [1.82, 2.24) is 0 Å². The van der Waals surface area contributed by atoms with Gasteiger partial charge in [0.05, 0.1) is 38.0 Å². The SMILES string of the molecule is CCCC[C@](CCC(=O)C#C[C@H](C)[C@@H](CCOCc1ccc(OC)cc1)O[Si](c1ccccc1)(c1ccccc1)C(C)(C)C)(OCSC)[C@@H]1COC(C)(C)O1. The van der Waals surface area contributed by atoms with Gasteiger partial charge in [0.15, 0.2) is 5.79 Å². The van der Waals surface area contributed by atoms with Crippen molar-refractivity contribution in [3.8, 4) is 17.6 Å². The minimum atomic E-state index is -2.93. The Kier molecular flexibility index (Phi) is 17.1. The number of carbonyl (C=O) groups excluding carboxylic acids is 1. The van der Waals surface area contributed by atoms with Gasteiger partial charge in [-0.1, -0.05) is 119 Å². The predicted molar refractivity (Wildman–Crippen MR) is 228 cm³/mol. The fraction of sp³-hybridized carbons (Fsp3) is 0.543. The number of ketones is 1. The van der Waals surface area contributed by atoms with Crippen LogP contribution in [0.3, 0.4) is 0 Å². The third kappa shape index (κ3) is 12.3. The van der Waals surface area contributed by atoms with Crippen molar-refractivity contribution in [2.24, 2.45) is 5.92 Å².